The molecule has 1 amide bonds. The Labute approximate surface area is 245 Å². The van der Waals surface area contributed by atoms with Crippen molar-refractivity contribution in [3.8, 4) is 6.07 Å². The van der Waals surface area contributed by atoms with Gasteiger partial charge in [0.25, 0.3) is 0 Å². The summed E-state index contributed by atoms with van der Waals surface area (Å²) in [6, 6.07) is 11.7. The zero-order valence-electron chi connectivity index (χ0n) is 22.2. The Hall–Kier alpha value is -3.03. The molecule has 11 heteroatoms. The van der Waals surface area contributed by atoms with Gasteiger partial charge >= 0.3 is 5.97 Å². The molecule has 1 saturated heterocycles. The number of rotatable bonds is 6. The summed E-state index contributed by atoms with van der Waals surface area (Å²) in [5.74, 6) is -3.89. The highest BCUT2D eigenvalue weighted by molar-refractivity contribution is 7.18. The fourth-order valence-electron chi connectivity index (χ4n) is 5.37. The largest absolute Gasteiger partial charge is 0.465 e. The smallest absolute Gasteiger partial charge is 0.348 e. The van der Waals surface area contributed by atoms with E-state index >= 15 is 8.78 Å². The van der Waals surface area contributed by atoms with E-state index in [1.165, 1.54) is 43.5 Å². The lowest BCUT2D eigenvalue weighted by atomic mass is 9.62. The summed E-state index contributed by atoms with van der Waals surface area (Å²) in [5.41, 5.74) is -2.12. The topological polar surface area (TPSA) is 91.2 Å². The molecule has 0 aliphatic carbocycles. The van der Waals surface area contributed by atoms with Crippen molar-refractivity contribution in [2.24, 2.45) is 5.41 Å². The summed E-state index contributed by atoms with van der Waals surface area (Å²) < 4.78 is 36.1. The van der Waals surface area contributed by atoms with E-state index in [0.29, 0.717) is 11.4 Å². The predicted molar refractivity (Wildman–Crippen MR) is 152 cm³/mol. The number of carbonyl (C=O) groups is 2. The van der Waals surface area contributed by atoms with Crippen molar-refractivity contribution in [3.05, 3.63) is 86.2 Å². The van der Waals surface area contributed by atoms with Crippen molar-refractivity contribution in [3.63, 3.8) is 0 Å². The van der Waals surface area contributed by atoms with Crippen molar-refractivity contribution in [2.75, 3.05) is 12.4 Å². The zero-order chi connectivity index (χ0) is 29.4. The Morgan fingerprint density at radius 1 is 1.18 bits per heavy atom. The first kappa shape index (κ1) is 29.9. The number of anilines is 1. The molecule has 40 heavy (non-hydrogen) atoms. The van der Waals surface area contributed by atoms with Crippen molar-refractivity contribution in [2.45, 2.75) is 50.6 Å². The molecule has 0 saturated carbocycles. The van der Waals surface area contributed by atoms with Gasteiger partial charge in [-0.05, 0) is 47.7 Å². The summed E-state index contributed by atoms with van der Waals surface area (Å²) >= 11 is 13.2. The number of carbonyl (C=O) groups excluding carboxylic acids is 2. The van der Waals surface area contributed by atoms with Crippen molar-refractivity contribution < 1.29 is 23.1 Å². The summed E-state index contributed by atoms with van der Waals surface area (Å²) in [7, 11) is 1.25. The predicted octanol–water partition coefficient (Wildman–Crippen LogP) is 7.08. The maximum Gasteiger partial charge on any atom is 0.348 e. The van der Waals surface area contributed by atoms with Gasteiger partial charge in [-0.2, -0.15) is 5.26 Å². The maximum atomic E-state index is 15.7. The van der Waals surface area contributed by atoms with E-state index in [1.807, 2.05) is 20.8 Å². The number of nitriles is 1. The van der Waals surface area contributed by atoms with E-state index in [9.17, 15) is 14.9 Å². The third-order valence-electron chi connectivity index (χ3n) is 6.97. The number of ether oxygens (including phenoxy) is 1. The third-order valence-corrected chi connectivity index (χ3v) is 8.48. The number of hydrogen-bond acceptors (Lipinski definition) is 6. The Bertz CT molecular complexity index is 1500. The SMILES string of the molecule is COC(=O)c1ccc(NC(=O)[C@@H]2NC(CC(C)(C)C)[C@](C#N)(c3ccc(Cl)cc3F)[C@H]2c2cccc(Cl)c2F)s1. The van der Waals surface area contributed by atoms with Crippen molar-refractivity contribution in [1.29, 1.82) is 5.26 Å². The van der Waals surface area contributed by atoms with Gasteiger partial charge in [0.05, 0.1) is 29.2 Å². The molecule has 2 N–H and O–H groups in total. The number of amides is 1. The minimum Gasteiger partial charge on any atom is -0.465 e. The second-order valence-electron chi connectivity index (χ2n) is 10.8. The summed E-state index contributed by atoms with van der Waals surface area (Å²) in [6.07, 6.45) is 0.344. The quantitative estimate of drug-likeness (QED) is 0.293. The second kappa shape index (κ2) is 11.5. The monoisotopic (exact) mass is 605 g/mol. The zero-order valence-corrected chi connectivity index (χ0v) is 24.5. The Morgan fingerprint density at radius 3 is 2.52 bits per heavy atom. The summed E-state index contributed by atoms with van der Waals surface area (Å²) in [4.78, 5) is 26.1. The molecule has 2 aromatic carbocycles. The first-order valence-corrected chi connectivity index (χ1v) is 14.0. The van der Waals surface area contributed by atoms with Crippen LogP contribution in [0.15, 0.2) is 48.5 Å². The molecule has 1 aliphatic heterocycles. The van der Waals surface area contributed by atoms with Gasteiger partial charge in [-0.3, -0.25) is 4.79 Å². The fraction of sp³-hybridized carbons (Fsp3) is 0.345. The number of esters is 1. The fourth-order valence-corrected chi connectivity index (χ4v) is 6.54. The highest BCUT2D eigenvalue weighted by Crippen LogP contribution is 2.53. The Balaban J connectivity index is 1.92. The molecule has 4 rings (SSSR count). The van der Waals surface area contributed by atoms with Crippen molar-refractivity contribution in [1.82, 2.24) is 5.32 Å². The first-order valence-electron chi connectivity index (χ1n) is 12.4. The van der Waals surface area contributed by atoms with Crippen LogP contribution in [-0.4, -0.2) is 31.1 Å². The number of halogens is 4. The van der Waals surface area contributed by atoms with Crippen LogP contribution < -0.4 is 10.6 Å². The summed E-state index contributed by atoms with van der Waals surface area (Å²) in [5, 5.41) is 17.2. The van der Waals surface area contributed by atoms with E-state index in [-0.39, 0.29) is 31.5 Å². The number of thiophene rings is 1. The minimum absolute atomic E-state index is 0.00566. The molecule has 210 valence electrons. The van der Waals surface area contributed by atoms with Crippen LogP contribution in [0.2, 0.25) is 10.0 Å². The molecule has 0 bridgehead atoms. The molecule has 0 radical (unpaired) electrons. The number of nitrogens with zero attached hydrogens (tertiary/aromatic N) is 1. The number of methoxy groups -OCH3 is 1. The van der Waals surface area contributed by atoms with E-state index in [0.717, 1.165) is 17.4 Å². The van der Waals surface area contributed by atoms with Crippen LogP contribution in [0.3, 0.4) is 0 Å². The highest BCUT2D eigenvalue weighted by atomic mass is 35.5. The first-order chi connectivity index (χ1) is 18.8. The maximum absolute atomic E-state index is 15.7. The van der Waals surface area contributed by atoms with Gasteiger partial charge in [0.2, 0.25) is 5.91 Å². The minimum atomic E-state index is -1.73. The van der Waals surface area contributed by atoms with Crippen LogP contribution >= 0.6 is 34.5 Å². The highest BCUT2D eigenvalue weighted by Gasteiger charge is 2.61. The molecule has 1 fully saturated rings. The lowest BCUT2D eigenvalue weighted by molar-refractivity contribution is -0.118. The molecule has 2 heterocycles. The third kappa shape index (κ3) is 5.59. The average molecular weight is 607 g/mol. The molecule has 1 unspecified atom stereocenters. The van der Waals surface area contributed by atoms with Crippen LogP contribution in [0.1, 0.15) is 53.9 Å². The van der Waals surface area contributed by atoms with E-state index in [4.69, 9.17) is 27.9 Å². The standard InChI is InChI=1S/C29H27Cl2F2N3O3S/c1-28(2,3)13-21-29(14-34,17-9-8-15(30)12-19(17)32)23(16-6-5-7-18(31)24(16)33)25(35-21)26(37)36-22-11-10-20(40-22)27(38)39-4/h5-12,21,23,25,35H,13H2,1-4H3,(H,36,37)/t21?,23-,25+,29-/m0/s1. The molecule has 3 aromatic rings. The molecule has 6 nitrogen and oxygen atoms in total. The van der Waals surface area contributed by atoms with Gasteiger partial charge in [-0.15, -0.1) is 11.3 Å². The van der Waals surface area contributed by atoms with Crippen LogP contribution in [-0.2, 0) is 14.9 Å². The Morgan fingerprint density at radius 2 is 1.90 bits per heavy atom. The molecular formula is C29H27Cl2F2N3O3S. The Kier molecular flexibility index (Phi) is 8.57. The van der Waals surface area contributed by atoms with Gasteiger partial charge in [-0.1, -0.05) is 62.2 Å². The summed E-state index contributed by atoms with van der Waals surface area (Å²) in [6.45, 7) is 5.87. The van der Waals surface area contributed by atoms with Gasteiger partial charge < -0.3 is 15.4 Å². The van der Waals surface area contributed by atoms with Crippen LogP contribution in [0.25, 0.3) is 0 Å². The number of benzene rings is 2. The molecular weight excluding hydrogens is 579 g/mol. The molecule has 1 aromatic heterocycles. The lowest BCUT2D eigenvalue weighted by Crippen LogP contribution is -2.44. The molecule has 4 atom stereocenters. The average Bonchev–Trinajstić information content (AvgIpc) is 3.47. The van der Waals surface area contributed by atoms with Crippen molar-refractivity contribution >= 4 is 51.4 Å². The van der Waals surface area contributed by atoms with E-state index < -0.39 is 46.9 Å². The lowest BCUT2D eigenvalue weighted by Gasteiger charge is -2.37. The van der Waals surface area contributed by atoms with Crippen LogP contribution in [0.4, 0.5) is 13.8 Å². The van der Waals surface area contributed by atoms with Crippen LogP contribution in [0, 0.1) is 28.4 Å². The second-order valence-corrected chi connectivity index (χ2v) is 12.8. The van der Waals surface area contributed by atoms with E-state index in [1.54, 1.807) is 6.07 Å². The van der Waals surface area contributed by atoms with Gasteiger partial charge in [-0.25, -0.2) is 13.6 Å². The van der Waals surface area contributed by atoms with Crippen LogP contribution in [0.5, 0.6) is 0 Å². The van der Waals surface area contributed by atoms with Gasteiger partial charge in [0, 0.05) is 22.5 Å². The molecule has 0 spiro atoms. The normalized spacial score (nSPS) is 22.5. The van der Waals surface area contributed by atoms with E-state index in [2.05, 4.69) is 16.7 Å². The number of nitrogens with one attached hydrogen (secondary N) is 2. The van der Waals surface area contributed by atoms with Gasteiger partial charge in [0.1, 0.15) is 21.9 Å². The molecule has 1 aliphatic rings. The number of hydrogen-bond donors (Lipinski definition) is 2. The van der Waals surface area contributed by atoms with Gasteiger partial charge in [0.15, 0.2) is 0 Å².